The van der Waals surface area contributed by atoms with Gasteiger partial charge in [-0.05, 0) is 26.0 Å². The number of aromatic nitrogens is 3. The standard InChI is InChI=1S/C16H16Cl2N6O5/c1-16(2,28)7-5-10(21-22-13(7)25)29-11-8(17)3-6(4-9(11)18)24-15(27)20-14(26)12(19)23-24/h3-5,13,22,25,28H,1-2H3,(H2,19,23)(H,20,26,27). The highest BCUT2D eigenvalue weighted by Gasteiger charge is 2.29. The Morgan fingerprint density at radius 2 is 1.90 bits per heavy atom. The van der Waals surface area contributed by atoms with Crippen molar-refractivity contribution in [1.29, 1.82) is 0 Å². The van der Waals surface area contributed by atoms with Gasteiger partial charge in [-0.2, -0.15) is 4.68 Å². The van der Waals surface area contributed by atoms with Crippen LogP contribution in [0.15, 0.2) is 38.5 Å². The summed E-state index contributed by atoms with van der Waals surface area (Å²) in [6.45, 7) is 2.98. The van der Waals surface area contributed by atoms with Crippen molar-refractivity contribution in [1.82, 2.24) is 20.2 Å². The van der Waals surface area contributed by atoms with E-state index in [1.165, 1.54) is 32.1 Å². The Morgan fingerprint density at radius 3 is 2.48 bits per heavy atom. The van der Waals surface area contributed by atoms with Gasteiger partial charge < -0.3 is 20.7 Å². The molecule has 0 bridgehead atoms. The number of hydrogen-bond acceptors (Lipinski definition) is 9. The highest BCUT2D eigenvalue weighted by Crippen LogP contribution is 2.35. The lowest BCUT2D eigenvalue weighted by Crippen LogP contribution is -2.41. The third kappa shape index (κ3) is 4.27. The van der Waals surface area contributed by atoms with Crippen LogP contribution in [0, 0.1) is 0 Å². The number of rotatable bonds is 3. The van der Waals surface area contributed by atoms with Gasteiger partial charge in [-0.15, -0.1) is 10.2 Å². The van der Waals surface area contributed by atoms with Gasteiger partial charge in [-0.1, -0.05) is 23.2 Å². The fourth-order valence-electron chi connectivity index (χ4n) is 2.46. The molecule has 154 valence electrons. The van der Waals surface area contributed by atoms with E-state index in [0.717, 1.165) is 4.68 Å². The molecule has 0 aliphatic carbocycles. The Balaban J connectivity index is 1.98. The van der Waals surface area contributed by atoms with E-state index in [1.54, 1.807) is 0 Å². The Bertz CT molecular complexity index is 1120. The number of nitrogens with zero attached hydrogens (tertiary/aromatic N) is 3. The summed E-state index contributed by atoms with van der Waals surface area (Å²) < 4.78 is 6.41. The average Bonchev–Trinajstić information content (AvgIpc) is 2.61. The number of hydrazone groups is 1. The number of anilines is 1. The Morgan fingerprint density at radius 1 is 1.28 bits per heavy atom. The third-order valence-electron chi connectivity index (χ3n) is 3.86. The van der Waals surface area contributed by atoms with Crippen LogP contribution in [0.1, 0.15) is 13.8 Å². The van der Waals surface area contributed by atoms with Gasteiger partial charge in [0.15, 0.2) is 12.0 Å². The molecule has 3 rings (SSSR count). The summed E-state index contributed by atoms with van der Waals surface area (Å²) in [5.41, 5.74) is 5.20. The van der Waals surface area contributed by atoms with Gasteiger partial charge in [-0.3, -0.25) is 15.2 Å². The SMILES string of the molecule is CC(C)(O)C1=CC(Oc2c(Cl)cc(-n3nc(N)c(=O)[nH]c3=O)cc2Cl)=NNC1O. The summed E-state index contributed by atoms with van der Waals surface area (Å²) in [4.78, 5) is 25.3. The molecule has 29 heavy (non-hydrogen) atoms. The quantitative estimate of drug-likeness (QED) is 0.446. The minimum atomic E-state index is -1.34. The number of aliphatic hydroxyl groups excluding tert-OH is 1. The van der Waals surface area contributed by atoms with E-state index >= 15 is 0 Å². The molecule has 1 aromatic heterocycles. The summed E-state index contributed by atoms with van der Waals surface area (Å²) >= 11 is 12.5. The highest BCUT2D eigenvalue weighted by atomic mass is 35.5. The van der Waals surface area contributed by atoms with Gasteiger partial charge in [0.1, 0.15) is 0 Å². The predicted molar refractivity (Wildman–Crippen MR) is 106 cm³/mol. The van der Waals surface area contributed by atoms with Crippen LogP contribution >= 0.6 is 23.2 Å². The first-order chi connectivity index (χ1) is 13.5. The maximum Gasteiger partial charge on any atom is 0.349 e. The number of nitrogens with two attached hydrogens (primary N) is 1. The first kappa shape index (κ1) is 20.9. The Labute approximate surface area is 173 Å². The number of benzene rings is 1. The van der Waals surface area contributed by atoms with Gasteiger partial charge >= 0.3 is 5.69 Å². The number of nitrogen functional groups attached to an aromatic ring is 1. The first-order valence-electron chi connectivity index (χ1n) is 8.09. The molecule has 0 radical (unpaired) electrons. The minimum absolute atomic E-state index is 0.00185. The fourth-order valence-corrected chi connectivity index (χ4v) is 3.01. The lowest BCUT2D eigenvalue weighted by atomic mass is 9.96. The normalized spacial score (nSPS) is 16.7. The number of halogens is 2. The molecule has 0 saturated carbocycles. The molecule has 0 saturated heterocycles. The lowest BCUT2D eigenvalue weighted by molar-refractivity contribution is 0.0676. The zero-order valence-corrected chi connectivity index (χ0v) is 16.6. The number of H-pyrrole nitrogens is 1. The average molecular weight is 443 g/mol. The van der Waals surface area contributed by atoms with Gasteiger partial charge in [0.2, 0.25) is 11.7 Å². The number of ether oxygens (including phenoxy) is 1. The number of aliphatic hydroxyl groups is 2. The van der Waals surface area contributed by atoms with Gasteiger partial charge in [-0.25, -0.2) is 4.79 Å². The molecule has 2 aromatic rings. The lowest BCUT2D eigenvalue weighted by Gasteiger charge is -2.28. The summed E-state index contributed by atoms with van der Waals surface area (Å²) in [6.07, 6.45) is 0.149. The second-order valence-electron chi connectivity index (χ2n) is 6.54. The number of hydrogen-bond donors (Lipinski definition) is 5. The van der Waals surface area contributed by atoms with Crippen molar-refractivity contribution in [2.45, 2.75) is 25.7 Å². The molecular weight excluding hydrogens is 427 g/mol. The molecule has 6 N–H and O–H groups in total. The summed E-state index contributed by atoms with van der Waals surface area (Å²) in [6, 6.07) is 2.64. The van der Waals surface area contributed by atoms with Crippen LogP contribution in [0.4, 0.5) is 5.82 Å². The molecule has 1 aliphatic heterocycles. The summed E-state index contributed by atoms with van der Waals surface area (Å²) in [7, 11) is 0. The van der Waals surface area contributed by atoms with Crippen LogP contribution in [-0.2, 0) is 0 Å². The highest BCUT2D eigenvalue weighted by molar-refractivity contribution is 6.37. The van der Waals surface area contributed by atoms with Crippen molar-refractivity contribution >= 4 is 34.9 Å². The second-order valence-corrected chi connectivity index (χ2v) is 7.35. The molecule has 0 spiro atoms. The van der Waals surface area contributed by atoms with Crippen molar-refractivity contribution < 1.29 is 14.9 Å². The molecule has 1 aliphatic rings. The van der Waals surface area contributed by atoms with Gasteiger partial charge in [0, 0.05) is 11.6 Å². The van der Waals surface area contributed by atoms with E-state index < -0.39 is 28.9 Å². The van der Waals surface area contributed by atoms with Gasteiger partial charge in [0.25, 0.3) is 5.56 Å². The van der Waals surface area contributed by atoms with E-state index in [2.05, 4.69) is 15.6 Å². The third-order valence-corrected chi connectivity index (χ3v) is 4.43. The molecule has 0 amide bonds. The monoisotopic (exact) mass is 442 g/mol. The predicted octanol–water partition coefficient (Wildman–Crippen LogP) is 0.121. The van der Waals surface area contributed by atoms with E-state index in [0.29, 0.717) is 0 Å². The Kier molecular flexibility index (Phi) is 5.41. The smallest absolute Gasteiger partial charge is 0.349 e. The topological polar surface area (TPSA) is 168 Å². The molecule has 1 atom stereocenters. The van der Waals surface area contributed by atoms with Crippen LogP contribution in [-0.4, -0.2) is 42.7 Å². The molecule has 11 nitrogen and oxygen atoms in total. The van der Waals surface area contributed by atoms with E-state index in [4.69, 9.17) is 33.7 Å². The molecule has 2 heterocycles. The fraction of sp³-hybridized carbons (Fsp3) is 0.250. The van der Waals surface area contributed by atoms with Crippen molar-refractivity contribution in [2.75, 3.05) is 5.73 Å². The summed E-state index contributed by atoms with van der Waals surface area (Å²) in [5.74, 6) is -0.430. The number of nitrogens with one attached hydrogen (secondary N) is 2. The summed E-state index contributed by atoms with van der Waals surface area (Å²) in [5, 5.41) is 27.6. The van der Waals surface area contributed by atoms with E-state index in [-0.39, 0.29) is 33.0 Å². The zero-order valence-electron chi connectivity index (χ0n) is 15.1. The van der Waals surface area contributed by atoms with Crippen molar-refractivity contribution in [3.8, 4) is 11.4 Å². The number of aromatic amines is 1. The minimum Gasteiger partial charge on any atom is -0.434 e. The van der Waals surface area contributed by atoms with E-state index in [9.17, 15) is 19.8 Å². The zero-order chi connectivity index (χ0) is 21.5. The first-order valence-corrected chi connectivity index (χ1v) is 8.85. The molecule has 1 aromatic carbocycles. The molecule has 1 unspecified atom stereocenters. The van der Waals surface area contributed by atoms with E-state index in [1.807, 2.05) is 4.98 Å². The van der Waals surface area contributed by atoms with Crippen LogP contribution < -0.4 is 27.1 Å². The van der Waals surface area contributed by atoms with Crippen LogP contribution in [0.5, 0.6) is 5.75 Å². The molecule has 13 heteroatoms. The van der Waals surface area contributed by atoms with Crippen molar-refractivity contribution in [3.05, 3.63) is 54.7 Å². The molecule has 0 fully saturated rings. The van der Waals surface area contributed by atoms with Crippen LogP contribution in [0.25, 0.3) is 5.69 Å². The van der Waals surface area contributed by atoms with Crippen LogP contribution in [0.3, 0.4) is 0 Å². The van der Waals surface area contributed by atoms with Gasteiger partial charge in [0.05, 0.1) is 21.3 Å². The van der Waals surface area contributed by atoms with Crippen LogP contribution in [0.2, 0.25) is 10.0 Å². The maximum atomic E-state index is 12.0. The largest absolute Gasteiger partial charge is 0.434 e. The second kappa shape index (κ2) is 7.52. The van der Waals surface area contributed by atoms with Crippen molar-refractivity contribution in [3.63, 3.8) is 0 Å². The molecular formula is C16H16Cl2N6O5. The Hall–Kier alpha value is -2.86. The maximum absolute atomic E-state index is 12.0. The van der Waals surface area contributed by atoms with Crippen molar-refractivity contribution in [2.24, 2.45) is 5.10 Å².